The lowest BCUT2D eigenvalue weighted by molar-refractivity contribution is -0.143. The van der Waals surface area contributed by atoms with Crippen molar-refractivity contribution >= 4 is 17.7 Å². The van der Waals surface area contributed by atoms with E-state index in [1.807, 2.05) is 6.92 Å². The number of hydrogen-bond acceptors (Lipinski definition) is 5. The lowest BCUT2D eigenvalue weighted by atomic mass is 9.88. The molecule has 3 rings (SSSR count). The first kappa shape index (κ1) is 22.9. The molecule has 31 heavy (non-hydrogen) atoms. The minimum atomic E-state index is -0.804. The van der Waals surface area contributed by atoms with Crippen molar-refractivity contribution in [1.82, 2.24) is 15.8 Å². The van der Waals surface area contributed by atoms with Crippen molar-refractivity contribution in [2.24, 2.45) is 5.92 Å². The van der Waals surface area contributed by atoms with Crippen LogP contribution in [-0.2, 0) is 14.4 Å². The Kier molecular flexibility index (Phi) is 8.14. The summed E-state index contributed by atoms with van der Waals surface area (Å²) in [5, 5.41) is 0. The van der Waals surface area contributed by atoms with Gasteiger partial charge in [0.1, 0.15) is 17.5 Å². The third kappa shape index (κ3) is 6.12. The molecule has 1 heterocycles. The molecular weight excluding hydrogens is 398 g/mol. The molecule has 1 aromatic rings. The molecule has 0 radical (unpaired) electrons. The van der Waals surface area contributed by atoms with Gasteiger partial charge in [0.2, 0.25) is 5.91 Å². The Morgan fingerprint density at radius 2 is 1.68 bits per heavy atom. The molecule has 2 unspecified atom stereocenters. The Labute approximate surface area is 183 Å². The molecule has 2 aliphatic rings. The largest absolute Gasteiger partial charge is 0.494 e. The van der Waals surface area contributed by atoms with Crippen LogP contribution >= 0.6 is 0 Å². The van der Waals surface area contributed by atoms with Crippen LogP contribution in [0, 0.1) is 5.92 Å². The summed E-state index contributed by atoms with van der Waals surface area (Å²) in [6.45, 7) is 4.68. The van der Waals surface area contributed by atoms with Crippen LogP contribution in [0.25, 0.3) is 0 Å². The van der Waals surface area contributed by atoms with Gasteiger partial charge in [-0.3, -0.25) is 25.2 Å². The van der Waals surface area contributed by atoms with Gasteiger partial charge in [-0.15, -0.1) is 0 Å². The molecule has 3 amide bonds. The summed E-state index contributed by atoms with van der Waals surface area (Å²) in [5.74, 6) is 0.532. The SMILES string of the molecule is CCOc1ccc(OC(C)C(=O)NNC(=O)C2CCCN2C(=O)C2CCCCC2)cc1. The van der Waals surface area contributed by atoms with Crippen molar-refractivity contribution in [2.45, 2.75) is 70.9 Å². The van der Waals surface area contributed by atoms with Crippen LogP contribution in [0.1, 0.15) is 58.8 Å². The minimum Gasteiger partial charge on any atom is -0.494 e. The van der Waals surface area contributed by atoms with E-state index in [1.54, 1.807) is 36.1 Å². The summed E-state index contributed by atoms with van der Waals surface area (Å²) >= 11 is 0. The zero-order chi connectivity index (χ0) is 22.2. The third-order valence-electron chi connectivity index (χ3n) is 5.92. The monoisotopic (exact) mass is 431 g/mol. The van der Waals surface area contributed by atoms with Gasteiger partial charge in [-0.25, -0.2) is 0 Å². The molecule has 170 valence electrons. The maximum absolute atomic E-state index is 12.9. The van der Waals surface area contributed by atoms with Crippen LogP contribution in [-0.4, -0.2) is 47.9 Å². The zero-order valence-corrected chi connectivity index (χ0v) is 18.4. The molecule has 2 fully saturated rings. The Hall–Kier alpha value is -2.77. The first-order valence-corrected chi connectivity index (χ1v) is 11.3. The van der Waals surface area contributed by atoms with Crippen LogP contribution in [0.5, 0.6) is 11.5 Å². The summed E-state index contributed by atoms with van der Waals surface area (Å²) in [6, 6.07) is 6.45. The van der Waals surface area contributed by atoms with Crippen LogP contribution in [0.15, 0.2) is 24.3 Å². The number of ether oxygens (including phenoxy) is 2. The first-order valence-electron chi connectivity index (χ1n) is 11.3. The standard InChI is InChI=1S/C23H33N3O5/c1-3-30-18-11-13-19(14-12-18)31-16(2)21(27)24-25-22(28)20-10-7-15-26(20)23(29)17-8-5-4-6-9-17/h11-14,16-17,20H,3-10,15H2,1-2H3,(H,24,27)(H,25,28). The quantitative estimate of drug-likeness (QED) is 0.647. The number of carbonyl (C=O) groups excluding carboxylic acids is 3. The maximum Gasteiger partial charge on any atom is 0.279 e. The molecule has 1 saturated carbocycles. The number of likely N-dealkylation sites (tertiary alicyclic amines) is 1. The average molecular weight is 432 g/mol. The van der Waals surface area contributed by atoms with E-state index in [-0.39, 0.29) is 17.7 Å². The van der Waals surface area contributed by atoms with Gasteiger partial charge in [-0.05, 0) is 63.8 Å². The second-order valence-corrected chi connectivity index (χ2v) is 8.17. The predicted molar refractivity (Wildman–Crippen MR) is 115 cm³/mol. The second kappa shape index (κ2) is 11.0. The molecule has 8 heteroatoms. The lowest BCUT2D eigenvalue weighted by Gasteiger charge is -2.30. The predicted octanol–water partition coefficient (Wildman–Crippen LogP) is 2.57. The van der Waals surface area contributed by atoms with Crippen molar-refractivity contribution in [3.8, 4) is 11.5 Å². The maximum atomic E-state index is 12.9. The molecule has 1 aromatic carbocycles. The highest BCUT2D eigenvalue weighted by molar-refractivity contribution is 5.91. The van der Waals surface area contributed by atoms with Gasteiger partial charge in [-0.1, -0.05) is 19.3 Å². The van der Waals surface area contributed by atoms with Gasteiger partial charge in [0, 0.05) is 12.5 Å². The minimum absolute atomic E-state index is 0.0271. The van der Waals surface area contributed by atoms with Crippen LogP contribution < -0.4 is 20.3 Å². The van der Waals surface area contributed by atoms with E-state index in [1.165, 1.54) is 6.42 Å². The number of amides is 3. The van der Waals surface area contributed by atoms with E-state index >= 15 is 0 Å². The number of nitrogens with zero attached hydrogens (tertiary/aromatic N) is 1. The number of hydrazine groups is 1. The fourth-order valence-electron chi connectivity index (χ4n) is 4.23. The van der Waals surface area contributed by atoms with Crippen molar-refractivity contribution in [3.05, 3.63) is 24.3 Å². The van der Waals surface area contributed by atoms with E-state index in [0.29, 0.717) is 25.3 Å². The number of benzene rings is 1. The fraction of sp³-hybridized carbons (Fsp3) is 0.609. The van der Waals surface area contributed by atoms with Crippen LogP contribution in [0.2, 0.25) is 0 Å². The highest BCUT2D eigenvalue weighted by Gasteiger charge is 2.37. The Bertz CT molecular complexity index is 761. The summed E-state index contributed by atoms with van der Waals surface area (Å²) in [4.78, 5) is 39.5. The summed E-state index contributed by atoms with van der Waals surface area (Å²) < 4.78 is 11.0. The molecule has 2 N–H and O–H groups in total. The summed E-state index contributed by atoms with van der Waals surface area (Å²) in [7, 11) is 0. The summed E-state index contributed by atoms with van der Waals surface area (Å²) in [5.41, 5.74) is 4.90. The molecule has 0 aromatic heterocycles. The first-order chi connectivity index (χ1) is 15.0. The van der Waals surface area contributed by atoms with Gasteiger partial charge in [0.25, 0.3) is 11.8 Å². The molecule has 1 saturated heterocycles. The average Bonchev–Trinajstić information content (AvgIpc) is 3.29. The second-order valence-electron chi connectivity index (χ2n) is 8.17. The fourth-order valence-corrected chi connectivity index (χ4v) is 4.23. The topological polar surface area (TPSA) is 97.0 Å². The number of carbonyl (C=O) groups is 3. The molecule has 2 atom stereocenters. The van der Waals surface area contributed by atoms with E-state index in [4.69, 9.17) is 9.47 Å². The number of hydrogen-bond donors (Lipinski definition) is 2. The van der Waals surface area contributed by atoms with E-state index in [2.05, 4.69) is 10.9 Å². The summed E-state index contributed by atoms with van der Waals surface area (Å²) in [6.07, 6.45) is 5.73. The highest BCUT2D eigenvalue weighted by atomic mass is 16.5. The Morgan fingerprint density at radius 3 is 2.35 bits per heavy atom. The van der Waals surface area contributed by atoms with Crippen LogP contribution in [0.3, 0.4) is 0 Å². The lowest BCUT2D eigenvalue weighted by Crippen LogP contribution is -2.54. The van der Waals surface area contributed by atoms with Gasteiger partial charge in [-0.2, -0.15) is 0 Å². The molecule has 8 nitrogen and oxygen atoms in total. The molecular formula is C23H33N3O5. The highest BCUT2D eigenvalue weighted by Crippen LogP contribution is 2.28. The normalized spacial score (nSPS) is 20.1. The number of nitrogens with one attached hydrogen (secondary N) is 2. The zero-order valence-electron chi connectivity index (χ0n) is 18.4. The molecule has 1 aliphatic carbocycles. The van der Waals surface area contributed by atoms with E-state index in [0.717, 1.165) is 37.9 Å². The van der Waals surface area contributed by atoms with Gasteiger partial charge in [0.15, 0.2) is 6.10 Å². The van der Waals surface area contributed by atoms with Crippen molar-refractivity contribution < 1.29 is 23.9 Å². The third-order valence-corrected chi connectivity index (χ3v) is 5.92. The number of rotatable bonds is 7. The molecule has 0 bridgehead atoms. The smallest absolute Gasteiger partial charge is 0.279 e. The van der Waals surface area contributed by atoms with Crippen molar-refractivity contribution in [1.29, 1.82) is 0 Å². The van der Waals surface area contributed by atoms with E-state index < -0.39 is 18.1 Å². The molecule has 0 spiro atoms. The van der Waals surface area contributed by atoms with Gasteiger partial charge < -0.3 is 14.4 Å². The molecule has 1 aliphatic heterocycles. The Morgan fingerprint density at radius 1 is 1.00 bits per heavy atom. The van der Waals surface area contributed by atoms with Crippen molar-refractivity contribution in [3.63, 3.8) is 0 Å². The van der Waals surface area contributed by atoms with Gasteiger partial charge in [0.05, 0.1) is 6.61 Å². The van der Waals surface area contributed by atoms with E-state index in [9.17, 15) is 14.4 Å². The van der Waals surface area contributed by atoms with Crippen molar-refractivity contribution in [2.75, 3.05) is 13.2 Å². The van der Waals surface area contributed by atoms with Crippen LogP contribution in [0.4, 0.5) is 0 Å². The van der Waals surface area contributed by atoms with Gasteiger partial charge >= 0.3 is 0 Å². The Balaban J connectivity index is 1.47.